The van der Waals surface area contributed by atoms with Gasteiger partial charge in [0.2, 0.25) is 5.91 Å². The van der Waals surface area contributed by atoms with Crippen LogP contribution in [-0.2, 0) is 10.4 Å². The number of nitrogens with one attached hydrogen (secondary N) is 2. The Balaban J connectivity index is 1.89. The van der Waals surface area contributed by atoms with Gasteiger partial charge in [-0.2, -0.15) is 0 Å². The summed E-state index contributed by atoms with van der Waals surface area (Å²) in [4.78, 5) is 25.2. The second-order valence-electron chi connectivity index (χ2n) is 5.23. The molecule has 0 aliphatic carbocycles. The maximum Gasteiger partial charge on any atom is 0.279 e. The van der Waals surface area contributed by atoms with Crippen LogP contribution in [0.1, 0.15) is 33.5 Å². The van der Waals surface area contributed by atoms with Crippen LogP contribution in [0.3, 0.4) is 0 Å². The van der Waals surface area contributed by atoms with Gasteiger partial charge in [-0.05, 0) is 31.5 Å². The molecule has 2 aromatic rings. The van der Waals surface area contributed by atoms with Crippen molar-refractivity contribution in [2.45, 2.75) is 25.9 Å². The first-order chi connectivity index (χ1) is 10.4. The van der Waals surface area contributed by atoms with Gasteiger partial charge in [-0.1, -0.05) is 30.3 Å². The lowest BCUT2D eigenvalue weighted by atomic mass is 9.92. The van der Waals surface area contributed by atoms with Gasteiger partial charge in [0.1, 0.15) is 0 Å². The zero-order valence-corrected chi connectivity index (χ0v) is 13.2. The third-order valence-corrected chi connectivity index (χ3v) is 4.18. The van der Waals surface area contributed by atoms with Gasteiger partial charge >= 0.3 is 0 Å². The number of aliphatic hydroxyl groups is 1. The van der Waals surface area contributed by atoms with E-state index in [1.54, 1.807) is 37.3 Å². The van der Waals surface area contributed by atoms with E-state index in [0.717, 1.165) is 4.88 Å². The van der Waals surface area contributed by atoms with Gasteiger partial charge < -0.3 is 5.11 Å². The van der Waals surface area contributed by atoms with Gasteiger partial charge in [0.05, 0.1) is 16.9 Å². The fourth-order valence-electron chi connectivity index (χ4n) is 2.00. The van der Waals surface area contributed by atoms with Gasteiger partial charge in [-0.25, -0.2) is 0 Å². The average Bonchev–Trinajstić information content (AvgIpc) is 2.92. The van der Waals surface area contributed by atoms with E-state index in [1.165, 1.54) is 11.3 Å². The van der Waals surface area contributed by atoms with E-state index in [0.29, 0.717) is 10.4 Å². The number of rotatable bonds is 4. The van der Waals surface area contributed by atoms with Gasteiger partial charge in [-0.15, -0.1) is 11.3 Å². The number of aryl methyl sites for hydroxylation is 1. The Hall–Kier alpha value is -2.18. The zero-order valence-electron chi connectivity index (χ0n) is 12.4. The highest BCUT2D eigenvalue weighted by atomic mass is 32.1. The Kier molecular flexibility index (Phi) is 4.95. The first-order valence-corrected chi connectivity index (χ1v) is 7.64. The lowest BCUT2D eigenvalue weighted by Gasteiger charge is -2.23. The minimum atomic E-state index is -1.30. The first kappa shape index (κ1) is 16.2. The van der Waals surface area contributed by atoms with Crippen LogP contribution in [-0.4, -0.2) is 16.9 Å². The highest BCUT2D eigenvalue weighted by Crippen LogP contribution is 2.23. The lowest BCUT2D eigenvalue weighted by molar-refractivity contribution is -0.126. The lowest BCUT2D eigenvalue weighted by Crippen LogP contribution is -2.43. The van der Waals surface area contributed by atoms with E-state index in [-0.39, 0.29) is 12.3 Å². The van der Waals surface area contributed by atoms with Crippen molar-refractivity contribution >= 4 is 23.2 Å². The van der Waals surface area contributed by atoms with Gasteiger partial charge in [0.15, 0.2) is 0 Å². The maximum absolute atomic E-state index is 11.9. The van der Waals surface area contributed by atoms with Crippen LogP contribution in [0, 0.1) is 6.92 Å². The summed E-state index contributed by atoms with van der Waals surface area (Å²) >= 11 is 1.34. The Bertz CT molecular complexity index is 665. The van der Waals surface area contributed by atoms with Crippen molar-refractivity contribution in [3.63, 3.8) is 0 Å². The molecule has 116 valence electrons. The zero-order chi connectivity index (χ0) is 16.2. The van der Waals surface area contributed by atoms with Crippen LogP contribution in [0.5, 0.6) is 0 Å². The van der Waals surface area contributed by atoms with E-state index in [9.17, 15) is 14.7 Å². The number of benzene rings is 1. The van der Waals surface area contributed by atoms with Crippen LogP contribution in [0.2, 0.25) is 0 Å². The van der Waals surface area contributed by atoms with Crippen LogP contribution >= 0.6 is 11.3 Å². The number of carbonyl (C=O) groups excluding carboxylic acids is 2. The molecule has 1 unspecified atom stereocenters. The summed E-state index contributed by atoms with van der Waals surface area (Å²) < 4.78 is 0. The van der Waals surface area contributed by atoms with Crippen molar-refractivity contribution in [2.24, 2.45) is 0 Å². The number of amides is 2. The minimum Gasteiger partial charge on any atom is -0.385 e. The molecule has 0 saturated carbocycles. The Morgan fingerprint density at radius 1 is 1.14 bits per heavy atom. The Labute approximate surface area is 133 Å². The second-order valence-corrected chi connectivity index (χ2v) is 6.52. The second kappa shape index (κ2) is 6.72. The summed E-state index contributed by atoms with van der Waals surface area (Å²) in [5.74, 6) is -0.832. The first-order valence-electron chi connectivity index (χ1n) is 6.82. The van der Waals surface area contributed by atoms with Crippen molar-refractivity contribution in [3.8, 4) is 0 Å². The smallest absolute Gasteiger partial charge is 0.279 e. The molecule has 2 amide bonds. The summed E-state index contributed by atoms with van der Waals surface area (Å²) in [5.41, 5.74) is 4.02. The molecule has 2 rings (SSSR count). The summed E-state index contributed by atoms with van der Waals surface area (Å²) in [5, 5.41) is 10.4. The highest BCUT2D eigenvalue weighted by Gasteiger charge is 2.26. The summed E-state index contributed by atoms with van der Waals surface area (Å²) in [6.07, 6.45) is -0.152. The molecule has 1 aromatic heterocycles. The molecular weight excluding hydrogens is 300 g/mol. The predicted octanol–water partition coefficient (Wildman–Crippen LogP) is 2.12. The molecule has 6 heteroatoms. The molecule has 0 bridgehead atoms. The molecule has 5 nitrogen and oxygen atoms in total. The molecule has 3 N–H and O–H groups in total. The number of hydrazine groups is 1. The molecule has 22 heavy (non-hydrogen) atoms. The van der Waals surface area contributed by atoms with Crippen molar-refractivity contribution in [1.29, 1.82) is 0 Å². The van der Waals surface area contributed by atoms with Crippen LogP contribution in [0.25, 0.3) is 0 Å². The van der Waals surface area contributed by atoms with Crippen molar-refractivity contribution in [2.75, 3.05) is 0 Å². The van der Waals surface area contributed by atoms with Crippen LogP contribution < -0.4 is 10.9 Å². The van der Waals surface area contributed by atoms with E-state index < -0.39 is 11.5 Å². The van der Waals surface area contributed by atoms with Crippen molar-refractivity contribution < 1.29 is 14.7 Å². The molecular formula is C16H18N2O3S. The predicted molar refractivity (Wildman–Crippen MR) is 85.3 cm³/mol. The molecule has 0 fully saturated rings. The van der Waals surface area contributed by atoms with Crippen LogP contribution in [0.15, 0.2) is 42.5 Å². The van der Waals surface area contributed by atoms with Crippen molar-refractivity contribution in [1.82, 2.24) is 10.9 Å². The molecule has 0 aliphatic heterocycles. The molecule has 1 aromatic carbocycles. The summed E-state index contributed by atoms with van der Waals surface area (Å²) in [6.45, 7) is 3.46. The largest absolute Gasteiger partial charge is 0.385 e. The molecule has 0 radical (unpaired) electrons. The quantitative estimate of drug-likeness (QED) is 0.756. The third kappa shape index (κ3) is 4.16. The number of thiophene rings is 1. The third-order valence-electron chi connectivity index (χ3n) is 3.18. The molecule has 0 spiro atoms. The van der Waals surface area contributed by atoms with E-state index >= 15 is 0 Å². The van der Waals surface area contributed by atoms with Gasteiger partial charge in [-0.3, -0.25) is 20.4 Å². The molecule has 0 aliphatic rings. The Morgan fingerprint density at radius 3 is 2.41 bits per heavy atom. The Morgan fingerprint density at radius 2 is 1.82 bits per heavy atom. The van der Waals surface area contributed by atoms with Gasteiger partial charge in [0.25, 0.3) is 5.91 Å². The van der Waals surface area contributed by atoms with E-state index in [1.807, 2.05) is 19.1 Å². The maximum atomic E-state index is 11.9. The normalized spacial score (nSPS) is 13.2. The molecule has 0 saturated heterocycles. The molecule has 1 heterocycles. The number of hydrogen-bond acceptors (Lipinski definition) is 4. The summed E-state index contributed by atoms with van der Waals surface area (Å²) in [6, 6.07) is 12.5. The standard InChI is InChI=1S/C16H18N2O3S/c1-11-8-9-13(22-11)15(20)18-17-14(19)10-16(2,21)12-6-4-3-5-7-12/h3-9,21H,10H2,1-2H3,(H,17,19)(H,18,20). The topological polar surface area (TPSA) is 78.4 Å². The van der Waals surface area contributed by atoms with Crippen LogP contribution in [0.4, 0.5) is 0 Å². The van der Waals surface area contributed by atoms with E-state index in [4.69, 9.17) is 0 Å². The SMILES string of the molecule is Cc1ccc(C(=O)NNC(=O)CC(C)(O)c2ccccc2)s1. The van der Waals surface area contributed by atoms with E-state index in [2.05, 4.69) is 10.9 Å². The number of hydrogen-bond donors (Lipinski definition) is 3. The summed E-state index contributed by atoms with van der Waals surface area (Å²) in [7, 11) is 0. The fourth-order valence-corrected chi connectivity index (χ4v) is 2.76. The van der Waals surface area contributed by atoms with Crippen molar-refractivity contribution in [3.05, 3.63) is 57.8 Å². The minimum absolute atomic E-state index is 0.152. The number of carbonyl (C=O) groups is 2. The van der Waals surface area contributed by atoms with Gasteiger partial charge in [0, 0.05) is 4.88 Å². The monoisotopic (exact) mass is 318 g/mol. The average molecular weight is 318 g/mol. The fraction of sp³-hybridized carbons (Fsp3) is 0.250. The molecule has 1 atom stereocenters. The highest BCUT2D eigenvalue weighted by molar-refractivity contribution is 7.13.